The zero-order valence-corrected chi connectivity index (χ0v) is 8.72. The Kier molecular flexibility index (Phi) is 2.40. The Bertz CT molecular complexity index is 545. The zero-order valence-electron chi connectivity index (χ0n) is 8.72. The summed E-state index contributed by atoms with van der Waals surface area (Å²) < 4.78 is 15.2. The van der Waals surface area contributed by atoms with E-state index in [1.807, 2.05) is 0 Å². The highest BCUT2D eigenvalue weighted by atomic mass is 16.6. The lowest BCUT2D eigenvalue weighted by Gasteiger charge is -2.03. The van der Waals surface area contributed by atoms with E-state index in [2.05, 4.69) is 0 Å². The fourth-order valence-electron chi connectivity index (χ4n) is 1.45. The van der Waals surface area contributed by atoms with Crippen LogP contribution in [0.1, 0.15) is 0 Å². The van der Waals surface area contributed by atoms with Gasteiger partial charge in [-0.3, -0.25) is 10.1 Å². The molecule has 1 aromatic carbocycles. The van der Waals surface area contributed by atoms with Crippen molar-refractivity contribution >= 4 is 16.9 Å². The Balaban J connectivity index is 2.69. The van der Waals surface area contributed by atoms with Gasteiger partial charge in [0.25, 0.3) is 0 Å². The van der Waals surface area contributed by atoms with Crippen LogP contribution in [0.15, 0.2) is 22.6 Å². The molecule has 0 fully saturated rings. The van der Waals surface area contributed by atoms with Gasteiger partial charge in [-0.2, -0.15) is 0 Å². The molecule has 1 aromatic heterocycles. The molecule has 2 aromatic rings. The molecule has 0 aliphatic rings. The fourth-order valence-corrected chi connectivity index (χ4v) is 1.45. The molecule has 0 aliphatic heterocycles. The van der Waals surface area contributed by atoms with Gasteiger partial charge in [0.2, 0.25) is 0 Å². The first-order chi connectivity index (χ1) is 7.65. The molecule has 0 aliphatic carbocycles. The van der Waals surface area contributed by atoms with Crippen molar-refractivity contribution in [1.82, 2.24) is 0 Å². The molecule has 6 nitrogen and oxygen atoms in total. The summed E-state index contributed by atoms with van der Waals surface area (Å²) in [7, 11) is 2.98. The van der Waals surface area contributed by atoms with E-state index in [0.717, 1.165) is 0 Å². The van der Waals surface area contributed by atoms with Gasteiger partial charge in [-0.25, -0.2) is 0 Å². The van der Waals surface area contributed by atoms with E-state index in [1.165, 1.54) is 20.3 Å². The van der Waals surface area contributed by atoms with E-state index >= 15 is 0 Å². The predicted octanol–water partition coefficient (Wildman–Crippen LogP) is 2.36. The highest BCUT2D eigenvalue weighted by Crippen LogP contribution is 2.35. The third-order valence-electron chi connectivity index (χ3n) is 2.20. The third kappa shape index (κ3) is 1.54. The highest BCUT2D eigenvalue weighted by Gasteiger charge is 2.17. The second kappa shape index (κ2) is 3.73. The van der Waals surface area contributed by atoms with Gasteiger partial charge in [-0.05, 0) is 0 Å². The largest absolute Gasteiger partial charge is 0.496 e. The Hall–Kier alpha value is -2.24. The van der Waals surface area contributed by atoms with Crippen molar-refractivity contribution in [3.05, 3.63) is 28.3 Å². The molecule has 0 atom stereocenters. The number of methoxy groups -OCH3 is 2. The molecule has 0 unspecified atom stereocenters. The van der Waals surface area contributed by atoms with Crippen LogP contribution >= 0.6 is 0 Å². The van der Waals surface area contributed by atoms with Crippen LogP contribution < -0.4 is 9.47 Å². The van der Waals surface area contributed by atoms with Crippen molar-refractivity contribution in [3.63, 3.8) is 0 Å². The van der Waals surface area contributed by atoms with Crippen LogP contribution in [0, 0.1) is 10.1 Å². The SMILES string of the molecule is COc1cc(OC)c2cc([N+](=O)[O-])oc2c1. The minimum atomic E-state index is -0.591. The van der Waals surface area contributed by atoms with Gasteiger partial charge in [0.15, 0.2) is 0 Å². The molecule has 0 saturated heterocycles. The van der Waals surface area contributed by atoms with Crippen LogP contribution in [0.4, 0.5) is 5.88 Å². The van der Waals surface area contributed by atoms with Gasteiger partial charge >= 0.3 is 5.88 Å². The Labute approximate surface area is 90.5 Å². The molecule has 6 heteroatoms. The Morgan fingerprint density at radius 3 is 2.56 bits per heavy atom. The summed E-state index contributed by atoms with van der Waals surface area (Å²) in [5.74, 6) is 0.682. The summed E-state index contributed by atoms with van der Waals surface area (Å²) in [6.07, 6.45) is 0. The average Bonchev–Trinajstić information content (AvgIpc) is 2.71. The Morgan fingerprint density at radius 1 is 1.25 bits per heavy atom. The lowest BCUT2D eigenvalue weighted by Crippen LogP contribution is -1.86. The van der Waals surface area contributed by atoms with Crippen LogP contribution in [0.5, 0.6) is 11.5 Å². The number of fused-ring (bicyclic) bond motifs is 1. The summed E-state index contributed by atoms with van der Waals surface area (Å²) in [6, 6.07) is 4.54. The maximum Gasteiger partial charge on any atom is 0.434 e. The second-order valence-corrected chi connectivity index (χ2v) is 3.08. The number of hydrogen-bond acceptors (Lipinski definition) is 5. The number of rotatable bonds is 3. The average molecular weight is 223 g/mol. The van der Waals surface area contributed by atoms with Crippen molar-refractivity contribution in [2.75, 3.05) is 14.2 Å². The normalized spacial score (nSPS) is 10.4. The van der Waals surface area contributed by atoms with Crippen LogP contribution in [0.2, 0.25) is 0 Å². The number of benzene rings is 1. The quantitative estimate of drug-likeness (QED) is 0.589. The monoisotopic (exact) mass is 223 g/mol. The van der Waals surface area contributed by atoms with Crippen LogP contribution in [-0.2, 0) is 0 Å². The van der Waals surface area contributed by atoms with Gasteiger partial charge < -0.3 is 13.9 Å². The van der Waals surface area contributed by atoms with Gasteiger partial charge in [0.1, 0.15) is 22.0 Å². The van der Waals surface area contributed by atoms with E-state index in [0.29, 0.717) is 22.5 Å². The number of furan rings is 1. The van der Waals surface area contributed by atoms with Crippen molar-refractivity contribution in [3.8, 4) is 11.5 Å². The molecule has 0 spiro atoms. The van der Waals surface area contributed by atoms with Gasteiger partial charge in [-0.15, -0.1) is 0 Å². The zero-order chi connectivity index (χ0) is 11.7. The molecule has 0 bridgehead atoms. The number of hydrogen-bond donors (Lipinski definition) is 0. The van der Waals surface area contributed by atoms with E-state index < -0.39 is 4.92 Å². The maximum atomic E-state index is 10.6. The van der Waals surface area contributed by atoms with Crippen LogP contribution in [-0.4, -0.2) is 19.1 Å². The molecular formula is C10H9NO5. The summed E-state index contributed by atoms with van der Waals surface area (Å²) in [6.45, 7) is 0. The molecule has 1 heterocycles. The first-order valence-electron chi connectivity index (χ1n) is 4.45. The molecule has 0 amide bonds. The molecule has 0 saturated carbocycles. The van der Waals surface area contributed by atoms with Gasteiger partial charge in [-0.1, -0.05) is 0 Å². The number of ether oxygens (including phenoxy) is 2. The van der Waals surface area contributed by atoms with Crippen molar-refractivity contribution in [2.45, 2.75) is 0 Å². The molecule has 84 valence electrons. The Morgan fingerprint density at radius 2 is 2.00 bits per heavy atom. The minimum absolute atomic E-state index is 0.318. The molecule has 16 heavy (non-hydrogen) atoms. The maximum absolute atomic E-state index is 10.6. The lowest BCUT2D eigenvalue weighted by molar-refractivity contribution is -0.401. The van der Waals surface area contributed by atoms with Crippen molar-refractivity contribution in [1.29, 1.82) is 0 Å². The van der Waals surface area contributed by atoms with Gasteiger partial charge in [0, 0.05) is 12.1 Å². The fraction of sp³-hybridized carbons (Fsp3) is 0.200. The third-order valence-corrected chi connectivity index (χ3v) is 2.20. The summed E-state index contributed by atoms with van der Waals surface area (Å²) in [4.78, 5) is 9.97. The first kappa shape index (κ1) is 10.3. The first-order valence-corrected chi connectivity index (χ1v) is 4.45. The summed E-state index contributed by atoms with van der Waals surface area (Å²) in [5, 5.41) is 11.1. The molecule has 0 N–H and O–H groups in total. The van der Waals surface area contributed by atoms with Crippen molar-refractivity contribution in [2.24, 2.45) is 0 Å². The number of nitro groups is 1. The summed E-state index contributed by atoms with van der Waals surface area (Å²) >= 11 is 0. The van der Waals surface area contributed by atoms with Crippen molar-refractivity contribution < 1.29 is 18.8 Å². The molecular weight excluding hydrogens is 214 g/mol. The topological polar surface area (TPSA) is 74.7 Å². The number of nitrogens with zero attached hydrogens (tertiary/aromatic N) is 1. The second-order valence-electron chi connectivity index (χ2n) is 3.08. The van der Waals surface area contributed by atoms with Crippen LogP contribution in [0.25, 0.3) is 11.0 Å². The van der Waals surface area contributed by atoms with E-state index in [4.69, 9.17) is 13.9 Å². The summed E-state index contributed by atoms with van der Waals surface area (Å²) in [5.41, 5.74) is 0.364. The predicted molar refractivity (Wildman–Crippen MR) is 56.0 cm³/mol. The van der Waals surface area contributed by atoms with E-state index in [1.54, 1.807) is 12.1 Å². The van der Waals surface area contributed by atoms with E-state index in [-0.39, 0.29) is 5.88 Å². The highest BCUT2D eigenvalue weighted by molar-refractivity contribution is 5.87. The van der Waals surface area contributed by atoms with Gasteiger partial charge in [0.05, 0.1) is 25.7 Å². The van der Waals surface area contributed by atoms with Crippen LogP contribution in [0.3, 0.4) is 0 Å². The van der Waals surface area contributed by atoms with E-state index in [9.17, 15) is 10.1 Å². The standard InChI is InChI=1S/C10H9NO5/c1-14-6-3-8(15-2)7-5-10(11(12)13)16-9(7)4-6/h3-5H,1-2H3. The minimum Gasteiger partial charge on any atom is -0.496 e. The molecule has 2 rings (SSSR count). The molecule has 0 radical (unpaired) electrons. The smallest absolute Gasteiger partial charge is 0.434 e. The lowest BCUT2D eigenvalue weighted by atomic mass is 10.2.